The second kappa shape index (κ2) is 6.87. The first-order chi connectivity index (χ1) is 11.2. The summed E-state index contributed by atoms with van der Waals surface area (Å²) in [7, 11) is 0. The van der Waals surface area contributed by atoms with E-state index in [0.29, 0.717) is 19.4 Å². The lowest BCUT2D eigenvalue weighted by molar-refractivity contribution is -0.116. The SMILES string of the molecule is Cc1cc(CCC(=O)Nc2cccc(Cn3cncn3)c2)no1. The first kappa shape index (κ1) is 15.0. The average Bonchev–Trinajstić information content (AvgIpc) is 3.17. The largest absolute Gasteiger partial charge is 0.361 e. The minimum Gasteiger partial charge on any atom is -0.361 e. The summed E-state index contributed by atoms with van der Waals surface area (Å²) in [6, 6.07) is 9.52. The molecule has 0 radical (unpaired) electrons. The van der Waals surface area contributed by atoms with Crippen molar-refractivity contribution < 1.29 is 9.32 Å². The molecule has 0 spiro atoms. The fourth-order valence-electron chi connectivity index (χ4n) is 2.25. The molecule has 2 aromatic heterocycles. The highest BCUT2D eigenvalue weighted by atomic mass is 16.5. The number of aryl methyl sites for hydroxylation is 2. The zero-order valence-electron chi connectivity index (χ0n) is 12.8. The predicted octanol–water partition coefficient (Wildman–Crippen LogP) is 2.19. The van der Waals surface area contributed by atoms with Crippen LogP contribution >= 0.6 is 0 Å². The number of anilines is 1. The van der Waals surface area contributed by atoms with Gasteiger partial charge in [-0.1, -0.05) is 17.3 Å². The smallest absolute Gasteiger partial charge is 0.224 e. The lowest BCUT2D eigenvalue weighted by Gasteiger charge is -2.07. The number of aromatic nitrogens is 4. The fourth-order valence-corrected chi connectivity index (χ4v) is 2.25. The minimum absolute atomic E-state index is 0.0523. The number of carbonyl (C=O) groups excluding carboxylic acids is 1. The Morgan fingerprint density at radius 3 is 3.00 bits per heavy atom. The highest BCUT2D eigenvalue weighted by Gasteiger charge is 2.07. The van der Waals surface area contributed by atoms with E-state index in [1.807, 2.05) is 37.3 Å². The summed E-state index contributed by atoms with van der Waals surface area (Å²) in [5.74, 6) is 0.699. The van der Waals surface area contributed by atoms with Gasteiger partial charge in [-0.3, -0.25) is 4.79 Å². The molecule has 0 bridgehead atoms. The van der Waals surface area contributed by atoms with Crippen LogP contribution in [0.2, 0.25) is 0 Å². The number of amides is 1. The van der Waals surface area contributed by atoms with Crippen LogP contribution in [0.25, 0.3) is 0 Å². The molecular weight excluding hydrogens is 294 g/mol. The van der Waals surface area contributed by atoms with E-state index in [-0.39, 0.29) is 5.91 Å². The molecule has 0 saturated carbocycles. The topological polar surface area (TPSA) is 85.8 Å². The van der Waals surface area contributed by atoms with Crippen molar-refractivity contribution in [3.63, 3.8) is 0 Å². The van der Waals surface area contributed by atoms with Gasteiger partial charge < -0.3 is 9.84 Å². The van der Waals surface area contributed by atoms with Crippen LogP contribution in [0.3, 0.4) is 0 Å². The Labute approximate surface area is 133 Å². The molecule has 0 atom stereocenters. The molecular formula is C16H17N5O2. The lowest BCUT2D eigenvalue weighted by atomic mass is 10.2. The van der Waals surface area contributed by atoms with Gasteiger partial charge in [0.2, 0.25) is 5.91 Å². The monoisotopic (exact) mass is 311 g/mol. The van der Waals surface area contributed by atoms with E-state index >= 15 is 0 Å². The Morgan fingerprint density at radius 2 is 2.26 bits per heavy atom. The van der Waals surface area contributed by atoms with Gasteiger partial charge in [0.25, 0.3) is 0 Å². The molecule has 118 valence electrons. The Kier molecular flexibility index (Phi) is 4.46. The highest BCUT2D eigenvalue weighted by Crippen LogP contribution is 2.13. The van der Waals surface area contributed by atoms with Crippen LogP contribution in [0.1, 0.15) is 23.4 Å². The molecule has 1 N–H and O–H groups in total. The molecule has 7 heteroatoms. The van der Waals surface area contributed by atoms with Crippen LogP contribution in [-0.2, 0) is 17.8 Å². The van der Waals surface area contributed by atoms with Crippen molar-refractivity contribution in [3.05, 3.63) is 60.0 Å². The molecule has 2 heterocycles. The zero-order chi connectivity index (χ0) is 16.1. The van der Waals surface area contributed by atoms with E-state index in [4.69, 9.17) is 4.52 Å². The summed E-state index contributed by atoms with van der Waals surface area (Å²) in [6.45, 7) is 2.44. The van der Waals surface area contributed by atoms with Gasteiger partial charge in [0.05, 0.1) is 12.2 Å². The molecule has 0 aliphatic carbocycles. The highest BCUT2D eigenvalue weighted by molar-refractivity contribution is 5.90. The second-order valence-corrected chi connectivity index (χ2v) is 5.27. The molecule has 0 aliphatic heterocycles. The second-order valence-electron chi connectivity index (χ2n) is 5.27. The van der Waals surface area contributed by atoms with Crippen molar-refractivity contribution in [1.29, 1.82) is 0 Å². The van der Waals surface area contributed by atoms with Crippen LogP contribution in [0.5, 0.6) is 0 Å². The number of hydrogen-bond donors (Lipinski definition) is 1. The standard InChI is InChI=1S/C16H17N5O2/c1-12-7-15(20-23-12)5-6-16(22)19-14-4-2-3-13(8-14)9-21-11-17-10-18-21/h2-4,7-8,10-11H,5-6,9H2,1H3,(H,19,22). The maximum atomic E-state index is 12.0. The number of nitrogens with one attached hydrogen (secondary N) is 1. The van der Waals surface area contributed by atoms with E-state index in [0.717, 1.165) is 22.7 Å². The van der Waals surface area contributed by atoms with E-state index in [1.54, 1.807) is 11.0 Å². The zero-order valence-corrected chi connectivity index (χ0v) is 12.8. The summed E-state index contributed by atoms with van der Waals surface area (Å²) in [5.41, 5.74) is 2.60. The third-order valence-corrected chi connectivity index (χ3v) is 3.31. The molecule has 0 fully saturated rings. The Bertz CT molecular complexity index is 779. The third-order valence-electron chi connectivity index (χ3n) is 3.31. The maximum absolute atomic E-state index is 12.0. The molecule has 23 heavy (non-hydrogen) atoms. The fraction of sp³-hybridized carbons (Fsp3) is 0.250. The van der Waals surface area contributed by atoms with E-state index in [1.165, 1.54) is 6.33 Å². The van der Waals surface area contributed by atoms with Gasteiger partial charge in [0, 0.05) is 24.6 Å². The molecule has 7 nitrogen and oxygen atoms in total. The van der Waals surface area contributed by atoms with Crippen LogP contribution in [0.15, 0.2) is 47.5 Å². The third kappa shape index (κ3) is 4.26. The van der Waals surface area contributed by atoms with E-state index in [2.05, 4.69) is 20.6 Å². The number of carbonyl (C=O) groups is 1. The van der Waals surface area contributed by atoms with E-state index < -0.39 is 0 Å². The van der Waals surface area contributed by atoms with E-state index in [9.17, 15) is 4.79 Å². The van der Waals surface area contributed by atoms with Gasteiger partial charge in [-0.05, 0) is 24.6 Å². The van der Waals surface area contributed by atoms with Crippen molar-refractivity contribution in [2.75, 3.05) is 5.32 Å². The predicted molar refractivity (Wildman–Crippen MR) is 83.8 cm³/mol. The quantitative estimate of drug-likeness (QED) is 0.754. The van der Waals surface area contributed by atoms with Crippen LogP contribution < -0.4 is 5.32 Å². The van der Waals surface area contributed by atoms with Crippen molar-refractivity contribution in [2.24, 2.45) is 0 Å². The normalized spacial score (nSPS) is 10.7. The van der Waals surface area contributed by atoms with Crippen LogP contribution in [0.4, 0.5) is 5.69 Å². The van der Waals surface area contributed by atoms with Gasteiger partial charge in [-0.2, -0.15) is 5.10 Å². The molecule has 3 rings (SSSR count). The first-order valence-corrected chi connectivity index (χ1v) is 7.32. The number of rotatable bonds is 6. The van der Waals surface area contributed by atoms with Crippen molar-refractivity contribution in [3.8, 4) is 0 Å². The van der Waals surface area contributed by atoms with Crippen molar-refractivity contribution >= 4 is 11.6 Å². The number of nitrogens with zero attached hydrogens (tertiary/aromatic N) is 4. The Hall–Kier alpha value is -2.96. The van der Waals surface area contributed by atoms with Crippen LogP contribution in [-0.4, -0.2) is 25.8 Å². The molecule has 3 aromatic rings. The van der Waals surface area contributed by atoms with Crippen LogP contribution in [0, 0.1) is 6.92 Å². The molecule has 0 unspecified atom stereocenters. The molecule has 0 saturated heterocycles. The summed E-state index contributed by atoms with van der Waals surface area (Å²) in [4.78, 5) is 15.9. The van der Waals surface area contributed by atoms with Gasteiger partial charge >= 0.3 is 0 Å². The molecule has 0 aliphatic rings. The Morgan fingerprint density at radius 1 is 1.35 bits per heavy atom. The van der Waals surface area contributed by atoms with Gasteiger partial charge in [0.15, 0.2) is 0 Å². The Balaban J connectivity index is 1.55. The van der Waals surface area contributed by atoms with Gasteiger partial charge in [-0.25, -0.2) is 9.67 Å². The number of benzene rings is 1. The summed E-state index contributed by atoms with van der Waals surface area (Å²) >= 11 is 0. The van der Waals surface area contributed by atoms with Gasteiger partial charge in [-0.15, -0.1) is 0 Å². The molecule has 1 amide bonds. The number of hydrogen-bond acceptors (Lipinski definition) is 5. The maximum Gasteiger partial charge on any atom is 0.224 e. The summed E-state index contributed by atoms with van der Waals surface area (Å²) < 4.78 is 6.72. The summed E-state index contributed by atoms with van der Waals surface area (Å²) in [6.07, 6.45) is 4.07. The lowest BCUT2D eigenvalue weighted by Crippen LogP contribution is -2.12. The minimum atomic E-state index is -0.0523. The average molecular weight is 311 g/mol. The molecule has 1 aromatic carbocycles. The van der Waals surface area contributed by atoms with Crippen molar-refractivity contribution in [2.45, 2.75) is 26.3 Å². The van der Waals surface area contributed by atoms with Crippen molar-refractivity contribution in [1.82, 2.24) is 19.9 Å². The van der Waals surface area contributed by atoms with Gasteiger partial charge in [0.1, 0.15) is 18.4 Å². The summed E-state index contributed by atoms with van der Waals surface area (Å²) in [5, 5.41) is 10.8. The first-order valence-electron chi connectivity index (χ1n) is 7.32.